The number of benzene rings is 1. The molecule has 0 saturated carbocycles. The van der Waals surface area contributed by atoms with Crippen LogP contribution in [-0.4, -0.2) is 15.7 Å². The summed E-state index contributed by atoms with van der Waals surface area (Å²) in [4.78, 5) is 12.1. The molecular formula is C13H13N5O. The van der Waals surface area contributed by atoms with E-state index in [1.54, 1.807) is 25.4 Å². The number of anilines is 2. The van der Waals surface area contributed by atoms with Crippen molar-refractivity contribution in [2.45, 2.75) is 6.92 Å². The molecule has 2 rings (SSSR count). The van der Waals surface area contributed by atoms with Crippen LogP contribution in [-0.2, 0) is 7.05 Å². The number of amides is 1. The van der Waals surface area contributed by atoms with Crippen LogP contribution in [0, 0.1) is 18.3 Å². The molecular weight excluding hydrogens is 242 g/mol. The summed E-state index contributed by atoms with van der Waals surface area (Å²) in [5.74, 6) is -0.430. The maximum absolute atomic E-state index is 12.1. The van der Waals surface area contributed by atoms with Crippen LogP contribution in [0.25, 0.3) is 0 Å². The van der Waals surface area contributed by atoms with Crippen LogP contribution in [0.2, 0.25) is 0 Å². The van der Waals surface area contributed by atoms with Gasteiger partial charge in [-0.3, -0.25) is 9.48 Å². The predicted molar refractivity (Wildman–Crippen MR) is 71.5 cm³/mol. The molecule has 0 aliphatic rings. The van der Waals surface area contributed by atoms with E-state index in [2.05, 4.69) is 16.5 Å². The molecule has 0 atom stereocenters. The van der Waals surface area contributed by atoms with E-state index in [0.717, 1.165) is 5.56 Å². The Bertz CT molecular complexity index is 681. The zero-order valence-electron chi connectivity index (χ0n) is 10.6. The molecule has 0 spiro atoms. The fraction of sp³-hybridized carbons (Fsp3) is 0.154. The first-order valence-corrected chi connectivity index (χ1v) is 5.63. The van der Waals surface area contributed by atoms with Crippen LogP contribution in [0.3, 0.4) is 0 Å². The summed E-state index contributed by atoms with van der Waals surface area (Å²) in [5, 5.41) is 15.7. The van der Waals surface area contributed by atoms with Gasteiger partial charge in [0.15, 0.2) is 5.69 Å². The monoisotopic (exact) mass is 255 g/mol. The van der Waals surface area contributed by atoms with Gasteiger partial charge in [0.25, 0.3) is 5.91 Å². The highest BCUT2D eigenvalue weighted by atomic mass is 16.2. The van der Waals surface area contributed by atoms with Crippen LogP contribution in [0.1, 0.15) is 21.6 Å². The summed E-state index contributed by atoms with van der Waals surface area (Å²) in [6, 6.07) is 7.32. The average molecular weight is 255 g/mol. The lowest BCUT2D eigenvalue weighted by Crippen LogP contribution is -2.15. The summed E-state index contributed by atoms with van der Waals surface area (Å²) in [6.07, 6.45) is 1.55. The quantitative estimate of drug-likeness (QED) is 0.848. The topological polar surface area (TPSA) is 96.7 Å². The van der Waals surface area contributed by atoms with Gasteiger partial charge in [-0.25, -0.2) is 0 Å². The molecule has 6 heteroatoms. The Morgan fingerprint density at radius 3 is 2.84 bits per heavy atom. The summed E-state index contributed by atoms with van der Waals surface area (Å²) in [7, 11) is 1.68. The molecule has 1 aromatic heterocycles. The number of aromatic nitrogens is 2. The van der Waals surface area contributed by atoms with E-state index < -0.39 is 5.91 Å². The van der Waals surface area contributed by atoms with Crippen molar-refractivity contribution in [2.75, 3.05) is 11.1 Å². The highest BCUT2D eigenvalue weighted by molar-refractivity contribution is 6.06. The number of aryl methyl sites for hydroxylation is 2. The molecule has 0 aliphatic carbocycles. The van der Waals surface area contributed by atoms with Gasteiger partial charge < -0.3 is 11.1 Å². The van der Waals surface area contributed by atoms with E-state index in [9.17, 15) is 4.79 Å². The minimum Gasteiger partial charge on any atom is -0.396 e. The number of nitrogens with two attached hydrogens (primary N) is 1. The number of hydrogen-bond donors (Lipinski definition) is 2. The lowest BCUT2D eigenvalue weighted by Gasteiger charge is -2.07. The van der Waals surface area contributed by atoms with Gasteiger partial charge in [0.2, 0.25) is 0 Å². The number of nitrogens with one attached hydrogen (secondary N) is 1. The number of hydrogen-bond acceptors (Lipinski definition) is 4. The van der Waals surface area contributed by atoms with Crippen LogP contribution < -0.4 is 11.1 Å². The normalized spacial score (nSPS) is 9.95. The summed E-state index contributed by atoms with van der Waals surface area (Å²) in [6.45, 7) is 1.81. The van der Waals surface area contributed by atoms with Crippen molar-refractivity contribution in [3.05, 3.63) is 41.2 Å². The van der Waals surface area contributed by atoms with E-state index >= 15 is 0 Å². The molecule has 2 aromatic rings. The first-order valence-electron chi connectivity index (χ1n) is 5.63. The second-order valence-electron chi connectivity index (χ2n) is 4.17. The smallest absolute Gasteiger partial charge is 0.278 e. The molecule has 1 aromatic carbocycles. The van der Waals surface area contributed by atoms with Crippen molar-refractivity contribution in [2.24, 2.45) is 7.05 Å². The van der Waals surface area contributed by atoms with Crippen LogP contribution in [0.4, 0.5) is 11.4 Å². The first kappa shape index (κ1) is 12.6. The molecule has 0 bridgehead atoms. The Balaban J connectivity index is 2.32. The molecule has 1 amide bonds. The Kier molecular flexibility index (Phi) is 3.21. The largest absolute Gasteiger partial charge is 0.396 e. The molecule has 96 valence electrons. The van der Waals surface area contributed by atoms with Crippen molar-refractivity contribution < 1.29 is 4.79 Å². The first-order chi connectivity index (χ1) is 9.02. The summed E-state index contributed by atoms with van der Waals surface area (Å²) >= 11 is 0. The number of nitrogens with zero attached hydrogens (tertiary/aromatic N) is 3. The lowest BCUT2D eigenvalue weighted by molar-refractivity contribution is 0.102. The average Bonchev–Trinajstić information content (AvgIpc) is 2.69. The van der Waals surface area contributed by atoms with Gasteiger partial charge >= 0.3 is 0 Å². The predicted octanol–water partition coefficient (Wildman–Crippen LogP) is 1.43. The van der Waals surface area contributed by atoms with E-state index in [1.807, 2.05) is 13.0 Å². The number of carbonyl (C=O) groups is 1. The number of carbonyl (C=O) groups excluding carboxylic acids is 1. The zero-order chi connectivity index (χ0) is 14.0. The van der Waals surface area contributed by atoms with Crippen molar-refractivity contribution in [1.82, 2.24) is 9.78 Å². The zero-order valence-corrected chi connectivity index (χ0v) is 10.6. The van der Waals surface area contributed by atoms with Crippen molar-refractivity contribution in [3.8, 4) is 6.07 Å². The Morgan fingerprint density at radius 1 is 1.53 bits per heavy atom. The molecule has 0 radical (unpaired) electrons. The Morgan fingerprint density at radius 2 is 2.26 bits per heavy atom. The number of nitrogen functional groups attached to an aromatic ring is 1. The van der Waals surface area contributed by atoms with E-state index in [4.69, 9.17) is 11.0 Å². The standard InChI is InChI=1S/C13H13N5O/c1-8-4-3-5-11(9(8)6-14)16-13(19)12-10(15)7-18(2)17-12/h3-5,7H,15H2,1-2H3,(H,16,19). The molecule has 19 heavy (non-hydrogen) atoms. The minimum absolute atomic E-state index is 0.146. The van der Waals surface area contributed by atoms with E-state index in [0.29, 0.717) is 16.9 Å². The van der Waals surface area contributed by atoms with Crippen LogP contribution in [0.15, 0.2) is 24.4 Å². The third-order valence-electron chi connectivity index (χ3n) is 2.70. The molecule has 3 N–H and O–H groups in total. The van der Waals surface area contributed by atoms with Crippen molar-refractivity contribution >= 4 is 17.3 Å². The number of nitriles is 1. The molecule has 1 heterocycles. The molecule has 6 nitrogen and oxygen atoms in total. The van der Waals surface area contributed by atoms with E-state index in [1.165, 1.54) is 4.68 Å². The van der Waals surface area contributed by atoms with Crippen LogP contribution >= 0.6 is 0 Å². The third-order valence-corrected chi connectivity index (χ3v) is 2.70. The molecule has 0 aliphatic heterocycles. The van der Waals surface area contributed by atoms with Gasteiger partial charge in [-0.05, 0) is 18.6 Å². The highest BCUT2D eigenvalue weighted by Gasteiger charge is 2.16. The Hall–Kier alpha value is -2.81. The van der Waals surface area contributed by atoms with Gasteiger partial charge in [0, 0.05) is 13.2 Å². The molecule has 0 unspecified atom stereocenters. The maximum Gasteiger partial charge on any atom is 0.278 e. The molecule has 0 fully saturated rings. The van der Waals surface area contributed by atoms with Gasteiger partial charge in [-0.1, -0.05) is 12.1 Å². The van der Waals surface area contributed by atoms with Gasteiger partial charge in [-0.15, -0.1) is 0 Å². The maximum atomic E-state index is 12.1. The SMILES string of the molecule is Cc1cccc(NC(=O)c2nn(C)cc2N)c1C#N. The summed E-state index contributed by atoms with van der Waals surface area (Å²) in [5.41, 5.74) is 7.82. The van der Waals surface area contributed by atoms with Crippen molar-refractivity contribution in [1.29, 1.82) is 5.26 Å². The second-order valence-corrected chi connectivity index (χ2v) is 4.17. The fourth-order valence-electron chi connectivity index (χ4n) is 1.79. The van der Waals surface area contributed by atoms with Crippen LogP contribution in [0.5, 0.6) is 0 Å². The second kappa shape index (κ2) is 4.82. The van der Waals surface area contributed by atoms with Gasteiger partial charge in [-0.2, -0.15) is 10.4 Å². The summed E-state index contributed by atoms with van der Waals surface area (Å²) < 4.78 is 1.46. The lowest BCUT2D eigenvalue weighted by atomic mass is 10.1. The van der Waals surface area contributed by atoms with Gasteiger partial charge in [0.05, 0.1) is 16.9 Å². The van der Waals surface area contributed by atoms with Gasteiger partial charge in [0.1, 0.15) is 6.07 Å². The fourth-order valence-corrected chi connectivity index (χ4v) is 1.79. The minimum atomic E-state index is -0.430. The van der Waals surface area contributed by atoms with Crippen molar-refractivity contribution in [3.63, 3.8) is 0 Å². The Labute approximate surface area is 110 Å². The third kappa shape index (κ3) is 2.40. The molecule has 0 saturated heterocycles. The van der Waals surface area contributed by atoms with E-state index in [-0.39, 0.29) is 5.69 Å². The number of rotatable bonds is 2. The highest BCUT2D eigenvalue weighted by Crippen LogP contribution is 2.19.